The summed E-state index contributed by atoms with van der Waals surface area (Å²) in [5.41, 5.74) is 0. The second-order valence-electron chi connectivity index (χ2n) is 6.81. The fraction of sp³-hybridized carbons (Fsp3) is 0.667. The van der Waals surface area contributed by atoms with E-state index in [9.17, 15) is 9.59 Å². The molecule has 2 heterocycles. The van der Waals surface area contributed by atoms with Crippen molar-refractivity contribution < 1.29 is 23.8 Å². The first-order valence-corrected chi connectivity index (χ1v) is 8.71. The molecule has 132 valence electrons. The van der Waals surface area contributed by atoms with E-state index in [2.05, 4.69) is 0 Å². The Bertz CT molecular complexity index is 588. The minimum atomic E-state index is -0.735. The lowest BCUT2D eigenvalue weighted by molar-refractivity contribution is -0.146. The number of carbonyl (C=O) groups is 2. The van der Waals surface area contributed by atoms with Crippen molar-refractivity contribution >= 4 is 11.9 Å². The summed E-state index contributed by atoms with van der Waals surface area (Å²) in [6, 6.07) is 3.84. The zero-order chi connectivity index (χ0) is 17.1. The maximum Gasteiger partial charge on any atom is 0.306 e. The van der Waals surface area contributed by atoms with Gasteiger partial charge in [0.1, 0.15) is 18.1 Å². The normalized spacial score (nSPS) is 27.4. The highest BCUT2D eigenvalue weighted by Gasteiger charge is 2.37. The van der Waals surface area contributed by atoms with Crippen molar-refractivity contribution in [3.8, 4) is 0 Å². The van der Waals surface area contributed by atoms with E-state index in [4.69, 9.17) is 14.3 Å². The lowest BCUT2D eigenvalue weighted by Gasteiger charge is -2.31. The first kappa shape index (κ1) is 17.0. The van der Waals surface area contributed by atoms with E-state index >= 15 is 0 Å². The average Bonchev–Trinajstić information content (AvgIpc) is 3.23. The molecule has 2 fully saturated rings. The number of nitrogens with zero attached hydrogens (tertiary/aromatic N) is 1. The SMILES string of the molecule is COCc1ccc(C2CCCN2C(=O)C2CCC(C(=O)O)CC2)o1. The molecule has 1 aromatic heterocycles. The van der Waals surface area contributed by atoms with Crippen LogP contribution in [0.5, 0.6) is 0 Å². The summed E-state index contributed by atoms with van der Waals surface area (Å²) in [6.07, 6.45) is 4.43. The molecule has 1 unspecified atom stereocenters. The fourth-order valence-electron chi connectivity index (χ4n) is 3.94. The number of aliphatic carboxylic acids is 1. The van der Waals surface area contributed by atoms with Gasteiger partial charge in [-0.05, 0) is 50.7 Å². The number of hydrogen-bond acceptors (Lipinski definition) is 4. The van der Waals surface area contributed by atoms with Crippen LogP contribution < -0.4 is 0 Å². The zero-order valence-corrected chi connectivity index (χ0v) is 14.1. The number of methoxy groups -OCH3 is 1. The van der Waals surface area contributed by atoms with Crippen molar-refractivity contribution in [3.05, 3.63) is 23.7 Å². The number of ether oxygens (including phenoxy) is 1. The second-order valence-corrected chi connectivity index (χ2v) is 6.81. The molecule has 1 aromatic rings. The van der Waals surface area contributed by atoms with Gasteiger partial charge in [-0.1, -0.05) is 0 Å². The van der Waals surface area contributed by atoms with Crippen LogP contribution in [-0.4, -0.2) is 35.5 Å². The molecule has 6 heteroatoms. The van der Waals surface area contributed by atoms with Gasteiger partial charge in [0.15, 0.2) is 0 Å². The molecule has 0 aromatic carbocycles. The van der Waals surface area contributed by atoms with Crippen LogP contribution in [0.2, 0.25) is 0 Å². The third kappa shape index (κ3) is 3.48. The number of amides is 1. The van der Waals surface area contributed by atoms with Gasteiger partial charge in [0.25, 0.3) is 0 Å². The molecule has 2 aliphatic rings. The molecular weight excluding hydrogens is 310 g/mol. The number of carboxylic acids is 1. The molecule has 0 radical (unpaired) electrons. The monoisotopic (exact) mass is 335 g/mol. The van der Waals surface area contributed by atoms with E-state index in [0.717, 1.165) is 30.9 Å². The summed E-state index contributed by atoms with van der Waals surface area (Å²) in [5, 5.41) is 9.09. The molecule has 1 saturated heterocycles. The van der Waals surface area contributed by atoms with E-state index in [0.29, 0.717) is 32.3 Å². The van der Waals surface area contributed by atoms with Crippen molar-refractivity contribution in [2.45, 2.75) is 51.2 Å². The van der Waals surface area contributed by atoms with Crippen LogP contribution in [0, 0.1) is 11.8 Å². The van der Waals surface area contributed by atoms with Gasteiger partial charge in [-0.25, -0.2) is 0 Å². The molecule has 1 atom stereocenters. The molecule has 3 rings (SSSR count). The Morgan fingerprint density at radius 2 is 1.92 bits per heavy atom. The Kier molecular flexibility index (Phi) is 5.23. The summed E-state index contributed by atoms with van der Waals surface area (Å²) in [7, 11) is 1.63. The lowest BCUT2D eigenvalue weighted by Crippen LogP contribution is -2.38. The molecule has 6 nitrogen and oxygen atoms in total. The Morgan fingerprint density at radius 3 is 2.58 bits per heavy atom. The van der Waals surface area contributed by atoms with Crippen molar-refractivity contribution in [1.29, 1.82) is 0 Å². The van der Waals surface area contributed by atoms with Gasteiger partial charge in [-0.15, -0.1) is 0 Å². The molecule has 1 aliphatic carbocycles. The molecule has 1 aliphatic heterocycles. The van der Waals surface area contributed by atoms with E-state index in [1.807, 2.05) is 17.0 Å². The first-order valence-electron chi connectivity index (χ1n) is 8.71. The van der Waals surface area contributed by atoms with Crippen LogP contribution in [-0.2, 0) is 20.9 Å². The largest absolute Gasteiger partial charge is 0.481 e. The fourth-order valence-corrected chi connectivity index (χ4v) is 3.94. The third-order valence-electron chi connectivity index (χ3n) is 5.26. The van der Waals surface area contributed by atoms with Gasteiger partial charge >= 0.3 is 5.97 Å². The summed E-state index contributed by atoms with van der Waals surface area (Å²) in [4.78, 5) is 25.9. The molecular formula is C18H25NO5. The van der Waals surface area contributed by atoms with Gasteiger partial charge in [-0.3, -0.25) is 9.59 Å². The zero-order valence-electron chi connectivity index (χ0n) is 14.1. The van der Waals surface area contributed by atoms with Gasteiger partial charge in [-0.2, -0.15) is 0 Å². The smallest absolute Gasteiger partial charge is 0.306 e. The lowest BCUT2D eigenvalue weighted by atomic mass is 9.81. The average molecular weight is 335 g/mol. The molecule has 24 heavy (non-hydrogen) atoms. The number of carboxylic acid groups (broad SMARTS) is 1. The van der Waals surface area contributed by atoms with Gasteiger partial charge in [0.2, 0.25) is 5.91 Å². The van der Waals surface area contributed by atoms with E-state index in [-0.39, 0.29) is 23.8 Å². The molecule has 1 N–H and O–H groups in total. The topological polar surface area (TPSA) is 80.0 Å². The van der Waals surface area contributed by atoms with Crippen molar-refractivity contribution in [1.82, 2.24) is 4.90 Å². The number of carbonyl (C=O) groups excluding carboxylic acids is 1. The molecule has 1 saturated carbocycles. The van der Waals surface area contributed by atoms with Crippen molar-refractivity contribution in [2.75, 3.05) is 13.7 Å². The minimum Gasteiger partial charge on any atom is -0.481 e. The molecule has 0 bridgehead atoms. The quantitative estimate of drug-likeness (QED) is 0.895. The number of hydrogen-bond donors (Lipinski definition) is 1. The Labute approximate surface area is 141 Å². The van der Waals surface area contributed by atoms with Crippen molar-refractivity contribution in [3.63, 3.8) is 0 Å². The standard InChI is InChI=1S/C18H25NO5/c1-23-11-14-8-9-16(24-14)15-3-2-10-19(15)17(20)12-4-6-13(7-5-12)18(21)22/h8-9,12-13,15H,2-7,10-11H2,1H3,(H,21,22). The van der Waals surface area contributed by atoms with Gasteiger partial charge < -0.3 is 19.2 Å². The minimum absolute atomic E-state index is 0.000281. The van der Waals surface area contributed by atoms with Crippen LogP contribution in [0.15, 0.2) is 16.5 Å². The van der Waals surface area contributed by atoms with E-state index < -0.39 is 5.97 Å². The summed E-state index contributed by atoms with van der Waals surface area (Å²) >= 11 is 0. The van der Waals surface area contributed by atoms with E-state index in [1.165, 1.54) is 0 Å². The third-order valence-corrected chi connectivity index (χ3v) is 5.26. The molecule has 0 spiro atoms. The van der Waals surface area contributed by atoms with E-state index in [1.54, 1.807) is 7.11 Å². The van der Waals surface area contributed by atoms with Crippen LogP contribution in [0.1, 0.15) is 56.1 Å². The summed E-state index contributed by atoms with van der Waals surface area (Å²) in [6.45, 7) is 1.18. The summed E-state index contributed by atoms with van der Waals surface area (Å²) in [5.74, 6) is 0.688. The predicted molar refractivity (Wildman–Crippen MR) is 86.2 cm³/mol. The highest BCUT2D eigenvalue weighted by atomic mass is 16.5. The second kappa shape index (κ2) is 7.38. The Balaban J connectivity index is 1.64. The van der Waals surface area contributed by atoms with Crippen LogP contribution in [0.3, 0.4) is 0 Å². The Hall–Kier alpha value is -1.82. The van der Waals surface area contributed by atoms with Crippen molar-refractivity contribution in [2.24, 2.45) is 11.8 Å². The predicted octanol–water partition coefficient (Wildman–Crippen LogP) is 2.98. The molecule has 1 amide bonds. The van der Waals surface area contributed by atoms with Crippen LogP contribution in [0.4, 0.5) is 0 Å². The van der Waals surface area contributed by atoms with Gasteiger partial charge in [0.05, 0.1) is 12.0 Å². The maximum absolute atomic E-state index is 12.9. The highest BCUT2D eigenvalue weighted by molar-refractivity contribution is 5.80. The first-order chi connectivity index (χ1) is 11.6. The maximum atomic E-state index is 12.9. The summed E-state index contributed by atoms with van der Waals surface area (Å²) < 4.78 is 10.9. The number of likely N-dealkylation sites (tertiary alicyclic amines) is 1. The Morgan fingerprint density at radius 1 is 1.21 bits per heavy atom. The van der Waals surface area contributed by atoms with Gasteiger partial charge in [0, 0.05) is 19.6 Å². The number of furan rings is 1. The van der Waals surface area contributed by atoms with Crippen LogP contribution in [0.25, 0.3) is 0 Å². The van der Waals surface area contributed by atoms with Crippen LogP contribution >= 0.6 is 0 Å². The highest BCUT2D eigenvalue weighted by Crippen LogP contribution is 2.37. The number of rotatable bonds is 5.